The van der Waals surface area contributed by atoms with E-state index in [1.807, 2.05) is 24.6 Å². The summed E-state index contributed by atoms with van der Waals surface area (Å²) < 4.78 is 8.16. The Morgan fingerprint density at radius 2 is 2.24 bits per heavy atom. The quantitative estimate of drug-likeness (QED) is 0.894. The number of nitrogens with zero attached hydrogens (tertiary/aromatic N) is 2. The van der Waals surface area contributed by atoms with E-state index in [1.54, 1.807) is 11.0 Å². The van der Waals surface area contributed by atoms with Crippen LogP contribution in [-0.4, -0.2) is 52.3 Å². The van der Waals surface area contributed by atoms with E-state index in [0.29, 0.717) is 25.4 Å². The Labute approximate surface area is 131 Å². The number of amides is 1. The van der Waals surface area contributed by atoms with E-state index in [-0.39, 0.29) is 18.4 Å². The maximum absolute atomic E-state index is 12.7. The Morgan fingerprint density at radius 1 is 1.52 bits per heavy atom. The number of morpholine rings is 1. The van der Waals surface area contributed by atoms with Crippen LogP contribution in [0.15, 0.2) is 16.7 Å². The van der Waals surface area contributed by atoms with Crippen LogP contribution in [0.3, 0.4) is 0 Å². The average Bonchev–Trinajstić information content (AvgIpc) is 2.80. The summed E-state index contributed by atoms with van der Waals surface area (Å²) in [5, 5.41) is 8.83. The van der Waals surface area contributed by atoms with Crippen LogP contribution in [0.5, 0.6) is 0 Å². The number of carbonyl (C=O) groups is 2. The van der Waals surface area contributed by atoms with Crippen molar-refractivity contribution in [1.82, 2.24) is 9.47 Å². The second-order valence-corrected chi connectivity index (χ2v) is 6.30. The zero-order valence-electron chi connectivity index (χ0n) is 12.1. The summed E-state index contributed by atoms with van der Waals surface area (Å²) in [5.41, 5.74) is 0.604. The van der Waals surface area contributed by atoms with Gasteiger partial charge in [-0.25, -0.2) is 0 Å². The van der Waals surface area contributed by atoms with Crippen LogP contribution in [0.4, 0.5) is 0 Å². The lowest BCUT2D eigenvalue weighted by Gasteiger charge is -2.32. The van der Waals surface area contributed by atoms with E-state index in [2.05, 4.69) is 15.9 Å². The zero-order valence-corrected chi connectivity index (χ0v) is 13.7. The highest BCUT2D eigenvalue weighted by atomic mass is 79.9. The molecule has 0 unspecified atom stereocenters. The fourth-order valence-corrected chi connectivity index (χ4v) is 2.87. The lowest BCUT2D eigenvalue weighted by Crippen LogP contribution is -2.46. The van der Waals surface area contributed by atoms with Crippen LogP contribution < -0.4 is 0 Å². The molecule has 7 heteroatoms. The number of carbonyl (C=O) groups excluding carboxylic acids is 1. The molecular formula is C14H19BrN2O4. The maximum Gasteiger partial charge on any atom is 0.306 e. The molecule has 0 bridgehead atoms. The molecule has 1 saturated heterocycles. The molecule has 116 valence electrons. The normalized spacial score (nSPS) is 19.0. The van der Waals surface area contributed by atoms with Crippen LogP contribution in [0.2, 0.25) is 0 Å². The smallest absolute Gasteiger partial charge is 0.306 e. The maximum atomic E-state index is 12.7. The summed E-state index contributed by atoms with van der Waals surface area (Å²) in [6.07, 6.45) is 1.36. The lowest BCUT2D eigenvalue weighted by atomic mass is 10.2. The van der Waals surface area contributed by atoms with Crippen molar-refractivity contribution in [2.24, 2.45) is 0 Å². The molecule has 1 amide bonds. The first-order valence-electron chi connectivity index (χ1n) is 6.88. The van der Waals surface area contributed by atoms with Crippen molar-refractivity contribution in [2.45, 2.75) is 32.4 Å². The predicted octanol–water partition coefficient (Wildman–Crippen LogP) is 2.15. The van der Waals surface area contributed by atoms with E-state index in [0.717, 1.165) is 4.47 Å². The summed E-state index contributed by atoms with van der Waals surface area (Å²) >= 11 is 3.39. The van der Waals surface area contributed by atoms with Crippen LogP contribution >= 0.6 is 15.9 Å². The van der Waals surface area contributed by atoms with E-state index in [1.165, 1.54) is 0 Å². The summed E-state index contributed by atoms with van der Waals surface area (Å²) in [6.45, 7) is 5.18. The van der Waals surface area contributed by atoms with Crippen molar-refractivity contribution in [3.05, 3.63) is 22.4 Å². The molecule has 0 spiro atoms. The van der Waals surface area contributed by atoms with Gasteiger partial charge in [-0.3, -0.25) is 9.59 Å². The Hall–Kier alpha value is -1.34. The molecule has 0 saturated carbocycles. The average molecular weight is 359 g/mol. The van der Waals surface area contributed by atoms with Crippen molar-refractivity contribution in [3.63, 3.8) is 0 Å². The largest absolute Gasteiger partial charge is 0.481 e. The minimum absolute atomic E-state index is 0.0847. The summed E-state index contributed by atoms with van der Waals surface area (Å²) in [7, 11) is 0. The molecule has 1 aromatic heterocycles. The van der Waals surface area contributed by atoms with Gasteiger partial charge in [-0.2, -0.15) is 0 Å². The fraction of sp³-hybridized carbons (Fsp3) is 0.571. The second kappa shape index (κ2) is 6.62. The molecule has 2 heterocycles. The van der Waals surface area contributed by atoms with Gasteiger partial charge >= 0.3 is 5.97 Å². The van der Waals surface area contributed by atoms with Crippen LogP contribution in [0, 0.1) is 0 Å². The third-order valence-electron chi connectivity index (χ3n) is 3.42. The van der Waals surface area contributed by atoms with Gasteiger partial charge < -0.3 is 19.3 Å². The van der Waals surface area contributed by atoms with Crippen molar-refractivity contribution < 1.29 is 19.4 Å². The third-order valence-corrected chi connectivity index (χ3v) is 3.85. The van der Waals surface area contributed by atoms with Gasteiger partial charge in [0.2, 0.25) is 0 Å². The van der Waals surface area contributed by atoms with Crippen LogP contribution in [0.25, 0.3) is 0 Å². The number of halogens is 1. The molecular weight excluding hydrogens is 340 g/mol. The van der Waals surface area contributed by atoms with Gasteiger partial charge in [0.05, 0.1) is 19.1 Å². The standard InChI is InChI=1S/C14H19BrN2O4/c1-9(2)17-7-10(15)5-12(17)14(20)16-3-4-21-11(8-16)6-13(18)19/h5,7,9,11H,3-4,6,8H2,1-2H3,(H,18,19)/t11-/m1/s1. The number of hydrogen-bond donors (Lipinski definition) is 1. The van der Waals surface area contributed by atoms with Crippen molar-refractivity contribution in [3.8, 4) is 0 Å². The molecule has 2 rings (SSSR count). The van der Waals surface area contributed by atoms with Crippen molar-refractivity contribution >= 4 is 27.8 Å². The van der Waals surface area contributed by atoms with Gasteiger partial charge in [-0.1, -0.05) is 0 Å². The van der Waals surface area contributed by atoms with Gasteiger partial charge in [0, 0.05) is 29.8 Å². The SMILES string of the molecule is CC(C)n1cc(Br)cc1C(=O)N1CCO[C@H](CC(=O)O)C1. The molecule has 6 nitrogen and oxygen atoms in total. The Bertz CT molecular complexity index is 541. The van der Waals surface area contributed by atoms with Gasteiger partial charge in [-0.05, 0) is 35.8 Å². The highest BCUT2D eigenvalue weighted by Gasteiger charge is 2.28. The number of carboxylic acids is 1. The number of ether oxygens (including phenoxy) is 1. The molecule has 1 fully saturated rings. The van der Waals surface area contributed by atoms with Crippen LogP contribution in [0.1, 0.15) is 36.8 Å². The van der Waals surface area contributed by atoms with E-state index in [4.69, 9.17) is 9.84 Å². The Balaban J connectivity index is 2.14. The number of rotatable bonds is 4. The minimum atomic E-state index is -0.914. The fourth-order valence-electron chi connectivity index (χ4n) is 2.43. The highest BCUT2D eigenvalue weighted by molar-refractivity contribution is 9.10. The summed E-state index contributed by atoms with van der Waals surface area (Å²) in [5.74, 6) is -1.00. The molecule has 1 atom stereocenters. The van der Waals surface area contributed by atoms with Gasteiger partial charge in [0.15, 0.2) is 0 Å². The minimum Gasteiger partial charge on any atom is -0.481 e. The molecule has 1 N–H and O–H groups in total. The van der Waals surface area contributed by atoms with E-state index in [9.17, 15) is 9.59 Å². The first-order chi connectivity index (χ1) is 9.88. The zero-order chi connectivity index (χ0) is 15.6. The second-order valence-electron chi connectivity index (χ2n) is 5.39. The highest BCUT2D eigenvalue weighted by Crippen LogP contribution is 2.22. The van der Waals surface area contributed by atoms with Crippen molar-refractivity contribution in [2.75, 3.05) is 19.7 Å². The Morgan fingerprint density at radius 3 is 2.86 bits per heavy atom. The summed E-state index contributed by atoms with van der Waals surface area (Å²) in [4.78, 5) is 25.1. The molecule has 21 heavy (non-hydrogen) atoms. The third kappa shape index (κ3) is 3.85. The van der Waals surface area contributed by atoms with Gasteiger partial charge in [-0.15, -0.1) is 0 Å². The van der Waals surface area contributed by atoms with Crippen molar-refractivity contribution in [1.29, 1.82) is 0 Å². The molecule has 0 aliphatic carbocycles. The van der Waals surface area contributed by atoms with E-state index < -0.39 is 12.1 Å². The monoisotopic (exact) mass is 358 g/mol. The van der Waals surface area contributed by atoms with Gasteiger partial charge in [0.1, 0.15) is 5.69 Å². The molecule has 1 aliphatic rings. The first kappa shape index (κ1) is 16.0. The number of carboxylic acid groups (broad SMARTS) is 1. The number of aliphatic carboxylic acids is 1. The Kier molecular flexibility index (Phi) is 5.05. The number of aromatic nitrogens is 1. The topological polar surface area (TPSA) is 71.8 Å². The lowest BCUT2D eigenvalue weighted by molar-refractivity contribution is -0.141. The number of hydrogen-bond acceptors (Lipinski definition) is 3. The molecule has 0 aromatic carbocycles. The molecule has 1 aliphatic heterocycles. The van der Waals surface area contributed by atoms with E-state index >= 15 is 0 Å². The van der Waals surface area contributed by atoms with Gasteiger partial charge in [0.25, 0.3) is 5.91 Å². The molecule has 1 aromatic rings. The first-order valence-corrected chi connectivity index (χ1v) is 7.68. The van der Waals surface area contributed by atoms with Crippen LogP contribution in [-0.2, 0) is 9.53 Å². The molecule has 0 radical (unpaired) electrons. The summed E-state index contributed by atoms with van der Waals surface area (Å²) in [6, 6.07) is 1.97. The predicted molar refractivity (Wildman–Crippen MR) is 80.4 cm³/mol.